The first-order valence-electron chi connectivity index (χ1n) is 8.52. The zero-order valence-corrected chi connectivity index (χ0v) is 13.5. The molecule has 0 aliphatic heterocycles. The SMILES string of the molecule is CCCCCCCCCc1ccc(CCOCC)cc1. The van der Waals surface area contributed by atoms with Crippen LogP contribution in [0.1, 0.15) is 69.9 Å². The quantitative estimate of drug-likeness (QED) is 0.454. The number of benzene rings is 1. The standard InChI is InChI=1S/C19H32O/c1-3-5-6-7-8-9-10-11-18-12-14-19(15-13-18)16-17-20-4-2/h12-15H,3-11,16-17H2,1-2H3. The van der Waals surface area contributed by atoms with Crippen LogP contribution >= 0.6 is 0 Å². The van der Waals surface area contributed by atoms with Crippen molar-refractivity contribution in [1.82, 2.24) is 0 Å². The number of hydrogen-bond donors (Lipinski definition) is 0. The molecule has 0 atom stereocenters. The Labute approximate surface area is 125 Å². The van der Waals surface area contributed by atoms with E-state index in [-0.39, 0.29) is 0 Å². The molecule has 1 aromatic carbocycles. The molecule has 1 nitrogen and oxygen atoms in total. The molecule has 0 saturated carbocycles. The average molecular weight is 276 g/mol. The van der Waals surface area contributed by atoms with Crippen molar-refractivity contribution in [2.45, 2.75) is 71.6 Å². The van der Waals surface area contributed by atoms with Crippen molar-refractivity contribution in [2.24, 2.45) is 0 Å². The minimum atomic E-state index is 0.816. The van der Waals surface area contributed by atoms with Gasteiger partial charge in [-0.3, -0.25) is 0 Å². The van der Waals surface area contributed by atoms with E-state index in [1.54, 1.807) is 0 Å². The minimum Gasteiger partial charge on any atom is -0.381 e. The molecule has 1 aromatic rings. The zero-order valence-electron chi connectivity index (χ0n) is 13.5. The number of hydrogen-bond acceptors (Lipinski definition) is 1. The van der Waals surface area contributed by atoms with Crippen LogP contribution in [0.15, 0.2) is 24.3 Å². The van der Waals surface area contributed by atoms with Crippen LogP contribution in [0, 0.1) is 0 Å². The van der Waals surface area contributed by atoms with E-state index >= 15 is 0 Å². The van der Waals surface area contributed by atoms with Gasteiger partial charge in [0.1, 0.15) is 0 Å². The Morgan fingerprint density at radius 2 is 1.25 bits per heavy atom. The number of ether oxygens (including phenoxy) is 1. The molecule has 1 heteroatoms. The molecule has 0 N–H and O–H groups in total. The molecule has 20 heavy (non-hydrogen) atoms. The molecule has 0 unspecified atom stereocenters. The monoisotopic (exact) mass is 276 g/mol. The summed E-state index contributed by atoms with van der Waals surface area (Å²) in [6.45, 7) is 5.98. The van der Waals surface area contributed by atoms with E-state index in [1.807, 2.05) is 6.92 Å². The van der Waals surface area contributed by atoms with Gasteiger partial charge in [0.05, 0.1) is 6.61 Å². The normalized spacial score (nSPS) is 10.9. The van der Waals surface area contributed by atoms with Crippen molar-refractivity contribution < 1.29 is 4.74 Å². The predicted octanol–water partition coefficient (Wildman–Crippen LogP) is 5.56. The van der Waals surface area contributed by atoms with E-state index in [0.29, 0.717) is 0 Å². The van der Waals surface area contributed by atoms with Crippen molar-refractivity contribution in [3.05, 3.63) is 35.4 Å². The van der Waals surface area contributed by atoms with Crippen LogP contribution < -0.4 is 0 Å². The molecular formula is C19H32O. The van der Waals surface area contributed by atoms with Crippen LogP contribution in [-0.2, 0) is 17.6 Å². The summed E-state index contributed by atoms with van der Waals surface area (Å²) in [5.41, 5.74) is 2.88. The summed E-state index contributed by atoms with van der Waals surface area (Å²) < 4.78 is 5.39. The number of unbranched alkanes of at least 4 members (excludes halogenated alkanes) is 6. The summed E-state index contributed by atoms with van der Waals surface area (Å²) in [7, 11) is 0. The topological polar surface area (TPSA) is 9.23 Å². The summed E-state index contributed by atoms with van der Waals surface area (Å²) in [4.78, 5) is 0. The molecule has 114 valence electrons. The van der Waals surface area contributed by atoms with E-state index in [1.165, 1.54) is 62.5 Å². The molecule has 0 radical (unpaired) electrons. The summed E-state index contributed by atoms with van der Waals surface area (Å²) >= 11 is 0. The van der Waals surface area contributed by atoms with Crippen LogP contribution in [0.5, 0.6) is 0 Å². The van der Waals surface area contributed by atoms with Crippen molar-refractivity contribution in [3.8, 4) is 0 Å². The maximum atomic E-state index is 5.39. The number of aryl methyl sites for hydroxylation is 1. The van der Waals surface area contributed by atoms with Gasteiger partial charge in [0.25, 0.3) is 0 Å². The van der Waals surface area contributed by atoms with Gasteiger partial charge in [0.15, 0.2) is 0 Å². The predicted molar refractivity (Wildman–Crippen MR) is 88.3 cm³/mol. The average Bonchev–Trinajstić information content (AvgIpc) is 2.48. The Balaban J connectivity index is 2.08. The van der Waals surface area contributed by atoms with E-state index in [9.17, 15) is 0 Å². The van der Waals surface area contributed by atoms with Gasteiger partial charge in [-0.2, -0.15) is 0 Å². The van der Waals surface area contributed by atoms with E-state index < -0.39 is 0 Å². The second kappa shape index (κ2) is 12.0. The zero-order chi connectivity index (χ0) is 14.5. The second-order valence-corrected chi connectivity index (χ2v) is 5.63. The maximum Gasteiger partial charge on any atom is 0.0506 e. The first kappa shape index (κ1) is 17.2. The lowest BCUT2D eigenvalue weighted by atomic mass is 10.0. The van der Waals surface area contributed by atoms with E-state index in [4.69, 9.17) is 4.74 Å². The molecule has 0 heterocycles. The van der Waals surface area contributed by atoms with E-state index in [2.05, 4.69) is 31.2 Å². The third-order valence-electron chi connectivity index (χ3n) is 3.83. The van der Waals surface area contributed by atoms with Gasteiger partial charge in [-0.1, -0.05) is 69.7 Å². The molecule has 0 saturated heterocycles. The molecule has 0 aromatic heterocycles. The Bertz CT molecular complexity index is 315. The maximum absolute atomic E-state index is 5.39. The fourth-order valence-electron chi connectivity index (χ4n) is 2.49. The highest BCUT2D eigenvalue weighted by atomic mass is 16.5. The summed E-state index contributed by atoms with van der Waals surface area (Å²) in [5, 5.41) is 0. The van der Waals surface area contributed by atoms with Gasteiger partial charge in [0.2, 0.25) is 0 Å². The smallest absolute Gasteiger partial charge is 0.0506 e. The van der Waals surface area contributed by atoms with Crippen molar-refractivity contribution >= 4 is 0 Å². The molecule has 0 bridgehead atoms. The Kier molecular flexibility index (Phi) is 10.3. The van der Waals surface area contributed by atoms with Crippen LogP contribution in [0.2, 0.25) is 0 Å². The molecule has 1 rings (SSSR count). The highest BCUT2D eigenvalue weighted by Crippen LogP contribution is 2.12. The summed E-state index contributed by atoms with van der Waals surface area (Å²) in [5.74, 6) is 0. The van der Waals surface area contributed by atoms with Crippen LogP contribution in [0.25, 0.3) is 0 Å². The van der Waals surface area contributed by atoms with Gasteiger partial charge in [-0.25, -0.2) is 0 Å². The Morgan fingerprint density at radius 1 is 0.700 bits per heavy atom. The lowest BCUT2D eigenvalue weighted by molar-refractivity contribution is 0.151. The highest BCUT2D eigenvalue weighted by Gasteiger charge is 1.96. The second-order valence-electron chi connectivity index (χ2n) is 5.63. The van der Waals surface area contributed by atoms with Crippen LogP contribution in [-0.4, -0.2) is 13.2 Å². The van der Waals surface area contributed by atoms with Gasteiger partial charge in [-0.15, -0.1) is 0 Å². The van der Waals surface area contributed by atoms with Gasteiger partial charge < -0.3 is 4.74 Å². The molecule has 0 amide bonds. The third kappa shape index (κ3) is 8.37. The third-order valence-corrected chi connectivity index (χ3v) is 3.83. The van der Waals surface area contributed by atoms with Crippen LogP contribution in [0.3, 0.4) is 0 Å². The fourth-order valence-corrected chi connectivity index (χ4v) is 2.49. The van der Waals surface area contributed by atoms with Crippen molar-refractivity contribution in [2.75, 3.05) is 13.2 Å². The largest absolute Gasteiger partial charge is 0.381 e. The fraction of sp³-hybridized carbons (Fsp3) is 0.684. The van der Waals surface area contributed by atoms with Gasteiger partial charge >= 0.3 is 0 Å². The van der Waals surface area contributed by atoms with Crippen LogP contribution in [0.4, 0.5) is 0 Å². The van der Waals surface area contributed by atoms with E-state index in [0.717, 1.165) is 19.6 Å². The first-order valence-corrected chi connectivity index (χ1v) is 8.52. The molecular weight excluding hydrogens is 244 g/mol. The molecule has 0 spiro atoms. The van der Waals surface area contributed by atoms with Crippen molar-refractivity contribution in [3.63, 3.8) is 0 Å². The minimum absolute atomic E-state index is 0.816. The highest BCUT2D eigenvalue weighted by molar-refractivity contribution is 5.22. The number of rotatable bonds is 12. The Morgan fingerprint density at radius 3 is 1.85 bits per heavy atom. The van der Waals surface area contributed by atoms with Gasteiger partial charge in [-0.05, 0) is 37.3 Å². The summed E-state index contributed by atoms with van der Waals surface area (Å²) in [6.07, 6.45) is 12.0. The van der Waals surface area contributed by atoms with Crippen molar-refractivity contribution in [1.29, 1.82) is 0 Å². The first-order chi connectivity index (χ1) is 9.86. The molecule has 0 aliphatic rings. The lowest BCUT2D eigenvalue weighted by Gasteiger charge is -2.05. The molecule has 0 aliphatic carbocycles. The lowest BCUT2D eigenvalue weighted by Crippen LogP contribution is -1.98. The molecule has 0 fully saturated rings. The van der Waals surface area contributed by atoms with Gasteiger partial charge in [0, 0.05) is 6.61 Å². The summed E-state index contributed by atoms with van der Waals surface area (Å²) in [6, 6.07) is 9.10. The Hall–Kier alpha value is -0.820.